The third-order valence-electron chi connectivity index (χ3n) is 2.84. The molecular formula is C14H24N2O. The van der Waals surface area contributed by atoms with Crippen molar-refractivity contribution < 1.29 is 4.74 Å². The Morgan fingerprint density at radius 2 is 2.00 bits per heavy atom. The number of nitrogens with one attached hydrogen (secondary N) is 1. The minimum atomic E-state index is 0.327. The summed E-state index contributed by atoms with van der Waals surface area (Å²) in [5.41, 5.74) is 1.22. The average Bonchev–Trinajstić information content (AvgIpc) is 2.34. The van der Waals surface area contributed by atoms with Crippen LogP contribution in [0.1, 0.15) is 24.9 Å². The Hall–Kier alpha value is -1.06. The SMILES string of the molecule is COc1ccccc1[C@H](C)NCCCN(C)C. The van der Waals surface area contributed by atoms with E-state index in [2.05, 4.69) is 43.4 Å². The van der Waals surface area contributed by atoms with E-state index in [0.717, 1.165) is 25.3 Å². The third-order valence-corrected chi connectivity index (χ3v) is 2.84. The Balaban J connectivity index is 2.43. The minimum absolute atomic E-state index is 0.327. The topological polar surface area (TPSA) is 24.5 Å². The standard InChI is InChI=1S/C14H24N2O/c1-12(15-10-7-11-16(2)3)13-8-5-6-9-14(13)17-4/h5-6,8-9,12,15H,7,10-11H2,1-4H3/t12-/m0/s1. The zero-order chi connectivity index (χ0) is 12.7. The van der Waals surface area contributed by atoms with E-state index in [4.69, 9.17) is 4.74 Å². The summed E-state index contributed by atoms with van der Waals surface area (Å²) >= 11 is 0. The second-order valence-corrected chi connectivity index (χ2v) is 4.57. The summed E-state index contributed by atoms with van der Waals surface area (Å²) in [6, 6.07) is 8.50. The molecule has 0 aliphatic heterocycles. The van der Waals surface area contributed by atoms with Crippen LogP contribution in [0.2, 0.25) is 0 Å². The monoisotopic (exact) mass is 236 g/mol. The van der Waals surface area contributed by atoms with Crippen molar-refractivity contribution in [2.75, 3.05) is 34.3 Å². The number of nitrogens with zero attached hydrogens (tertiary/aromatic N) is 1. The Kier molecular flexibility index (Phi) is 6.01. The van der Waals surface area contributed by atoms with Crippen LogP contribution in [0.25, 0.3) is 0 Å². The zero-order valence-corrected chi connectivity index (χ0v) is 11.4. The fraction of sp³-hybridized carbons (Fsp3) is 0.571. The quantitative estimate of drug-likeness (QED) is 0.735. The first-order valence-corrected chi connectivity index (χ1v) is 6.16. The van der Waals surface area contributed by atoms with E-state index in [1.54, 1.807) is 7.11 Å². The zero-order valence-electron chi connectivity index (χ0n) is 11.4. The molecule has 1 aromatic carbocycles. The Bertz CT molecular complexity index is 326. The van der Waals surface area contributed by atoms with Crippen LogP contribution in [0.15, 0.2) is 24.3 Å². The molecule has 1 rings (SSSR count). The van der Waals surface area contributed by atoms with Gasteiger partial charge in [0.1, 0.15) is 5.75 Å². The van der Waals surface area contributed by atoms with Crippen LogP contribution in [0.5, 0.6) is 5.75 Å². The molecule has 0 aromatic heterocycles. The fourth-order valence-corrected chi connectivity index (χ4v) is 1.85. The molecule has 0 aliphatic rings. The molecule has 0 heterocycles. The van der Waals surface area contributed by atoms with Crippen molar-refractivity contribution >= 4 is 0 Å². The molecule has 1 N–H and O–H groups in total. The molecule has 1 atom stereocenters. The molecular weight excluding hydrogens is 212 g/mol. The third kappa shape index (κ3) is 4.75. The van der Waals surface area contributed by atoms with E-state index in [9.17, 15) is 0 Å². The van der Waals surface area contributed by atoms with Gasteiger partial charge in [-0.05, 0) is 46.6 Å². The largest absolute Gasteiger partial charge is 0.496 e. The van der Waals surface area contributed by atoms with Gasteiger partial charge in [0, 0.05) is 11.6 Å². The molecule has 0 unspecified atom stereocenters. The van der Waals surface area contributed by atoms with Gasteiger partial charge in [-0.3, -0.25) is 0 Å². The molecule has 96 valence electrons. The van der Waals surface area contributed by atoms with Gasteiger partial charge >= 0.3 is 0 Å². The first kappa shape index (κ1) is 14.0. The smallest absolute Gasteiger partial charge is 0.123 e. The van der Waals surface area contributed by atoms with Crippen LogP contribution < -0.4 is 10.1 Å². The molecule has 0 aliphatic carbocycles. The van der Waals surface area contributed by atoms with Gasteiger partial charge in [0.25, 0.3) is 0 Å². The number of rotatable bonds is 7. The van der Waals surface area contributed by atoms with Crippen LogP contribution in [0.3, 0.4) is 0 Å². The number of benzene rings is 1. The first-order valence-electron chi connectivity index (χ1n) is 6.16. The summed E-state index contributed by atoms with van der Waals surface area (Å²) in [4.78, 5) is 2.20. The van der Waals surface area contributed by atoms with E-state index < -0.39 is 0 Å². The molecule has 0 spiro atoms. The number of hydrogen-bond donors (Lipinski definition) is 1. The van der Waals surface area contributed by atoms with E-state index in [-0.39, 0.29) is 0 Å². The van der Waals surface area contributed by atoms with Crippen molar-refractivity contribution in [2.24, 2.45) is 0 Å². The molecule has 17 heavy (non-hydrogen) atoms. The highest BCUT2D eigenvalue weighted by Gasteiger charge is 2.09. The number of hydrogen-bond acceptors (Lipinski definition) is 3. The van der Waals surface area contributed by atoms with Crippen LogP contribution in [0, 0.1) is 0 Å². The van der Waals surface area contributed by atoms with Crippen LogP contribution in [0.4, 0.5) is 0 Å². The second-order valence-electron chi connectivity index (χ2n) is 4.57. The number of para-hydroxylation sites is 1. The van der Waals surface area contributed by atoms with Gasteiger partial charge in [0.2, 0.25) is 0 Å². The molecule has 1 aromatic rings. The van der Waals surface area contributed by atoms with Crippen LogP contribution in [-0.4, -0.2) is 39.2 Å². The second kappa shape index (κ2) is 7.30. The highest BCUT2D eigenvalue weighted by Crippen LogP contribution is 2.23. The van der Waals surface area contributed by atoms with Crippen molar-refractivity contribution in [3.63, 3.8) is 0 Å². The average molecular weight is 236 g/mol. The summed E-state index contributed by atoms with van der Waals surface area (Å²) < 4.78 is 5.36. The Morgan fingerprint density at radius 3 is 2.65 bits per heavy atom. The summed E-state index contributed by atoms with van der Waals surface area (Å²) in [6.45, 7) is 4.32. The highest BCUT2D eigenvalue weighted by atomic mass is 16.5. The Labute approximate surface area is 105 Å². The Morgan fingerprint density at radius 1 is 1.29 bits per heavy atom. The summed E-state index contributed by atoms with van der Waals surface area (Å²) in [5, 5.41) is 3.52. The van der Waals surface area contributed by atoms with Gasteiger partial charge in [-0.25, -0.2) is 0 Å². The van der Waals surface area contributed by atoms with Crippen LogP contribution >= 0.6 is 0 Å². The van der Waals surface area contributed by atoms with Crippen molar-refractivity contribution in [1.29, 1.82) is 0 Å². The molecule has 0 bridgehead atoms. The molecule has 0 fully saturated rings. The molecule has 0 saturated carbocycles. The molecule has 0 radical (unpaired) electrons. The number of methoxy groups -OCH3 is 1. The molecule has 0 amide bonds. The summed E-state index contributed by atoms with van der Waals surface area (Å²) in [6.07, 6.45) is 1.16. The fourth-order valence-electron chi connectivity index (χ4n) is 1.85. The maximum Gasteiger partial charge on any atom is 0.123 e. The number of ether oxygens (including phenoxy) is 1. The highest BCUT2D eigenvalue weighted by molar-refractivity contribution is 5.35. The lowest BCUT2D eigenvalue weighted by atomic mass is 10.1. The van der Waals surface area contributed by atoms with E-state index in [1.165, 1.54) is 5.56 Å². The van der Waals surface area contributed by atoms with Crippen molar-refractivity contribution in [1.82, 2.24) is 10.2 Å². The lowest BCUT2D eigenvalue weighted by molar-refractivity contribution is 0.382. The molecule has 0 saturated heterocycles. The van der Waals surface area contributed by atoms with Crippen LogP contribution in [-0.2, 0) is 0 Å². The molecule has 3 nitrogen and oxygen atoms in total. The van der Waals surface area contributed by atoms with Gasteiger partial charge < -0.3 is 15.0 Å². The lowest BCUT2D eigenvalue weighted by Gasteiger charge is -2.18. The van der Waals surface area contributed by atoms with Gasteiger partial charge in [0.05, 0.1) is 7.11 Å². The van der Waals surface area contributed by atoms with Gasteiger partial charge in [-0.1, -0.05) is 18.2 Å². The first-order chi connectivity index (χ1) is 8.15. The minimum Gasteiger partial charge on any atom is -0.496 e. The predicted molar refractivity (Wildman–Crippen MR) is 72.6 cm³/mol. The van der Waals surface area contributed by atoms with E-state index in [0.29, 0.717) is 6.04 Å². The van der Waals surface area contributed by atoms with Crippen molar-refractivity contribution in [3.05, 3.63) is 29.8 Å². The van der Waals surface area contributed by atoms with Crippen molar-refractivity contribution in [2.45, 2.75) is 19.4 Å². The van der Waals surface area contributed by atoms with E-state index >= 15 is 0 Å². The summed E-state index contributed by atoms with van der Waals surface area (Å²) in [5.74, 6) is 0.958. The van der Waals surface area contributed by atoms with Gasteiger partial charge in [-0.2, -0.15) is 0 Å². The molecule has 3 heteroatoms. The summed E-state index contributed by atoms with van der Waals surface area (Å²) in [7, 11) is 5.92. The predicted octanol–water partition coefficient (Wildman–Crippen LogP) is 2.30. The van der Waals surface area contributed by atoms with E-state index in [1.807, 2.05) is 12.1 Å². The van der Waals surface area contributed by atoms with Gasteiger partial charge in [-0.15, -0.1) is 0 Å². The maximum atomic E-state index is 5.36. The normalized spacial score (nSPS) is 12.8. The van der Waals surface area contributed by atoms with Gasteiger partial charge in [0.15, 0.2) is 0 Å². The maximum absolute atomic E-state index is 5.36. The van der Waals surface area contributed by atoms with Crippen molar-refractivity contribution in [3.8, 4) is 5.75 Å². The lowest BCUT2D eigenvalue weighted by Crippen LogP contribution is -2.24.